The average molecular weight is 277 g/mol. The number of hydrogen-bond acceptors (Lipinski definition) is 3. The number of aliphatic hydroxyl groups excluding tert-OH is 1. The van der Waals surface area contributed by atoms with E-state index in [2.05, 4.69) is 12.2 Å². The van der Waals surface area contributed by atoms with Crippen LogP contribution < -0.4 is 10.1 Å². The number of nitrogens with one attached hydrogen (secondary N) is 1. The third kappa shape index (κ3) is 4.14. The van der Waals surface area contributed by atoms with Crippen molar-refractivity contribution in [2.45, 2.75) is 46.1 Å². The van der Waals surface area contributed by atoms with Crippen molar-refractivity contribution >= 4 is 5.69 Å². The van der Waals surface area contributed by atoms with E-state index in [0.29, 0.717) is 6.61 Å². The first kappa shape index (κ1) is 15.2. The van der Waals surface area contributed by atoms with Gasteiger partial charge in [-0.3, -0.25) is 0 Å². The molecule has 0 aromatic heterocycles. The maximum absolute atomic E-state index is 9.41. The molecule has 1 saturated carbocycles. The third-order valence-electron chi connectivity index (χ3n) is 4.26. The zero-order valence-corrected chi connectivity index (χ0v) is 12.7. The van der Waals surface area contributed by atoms with E-state index >= 15 is 0 Å². The summed E-state index contributed by atoms with van der Waals surface area (Å²) < 4.78 is 5.50. The summed E-state index contributed by atoms with van der Waals surface area (Å²) in [5.74, 6) is 2.47. The summed E-state index contributed by atoms with van der Waals surface area (Å²) in [4.78, 5) is 0. The Labute approximate surface area is 122 Å². The number of anilines is 1. The number of benzene rings is 1. The second kappa shape index (κ2) is 7.53. The lowest BCUT2D eigenvalue weighted by atomic mass is 9.83. The van der Waals surface area contributed by atoms with Crippen LogP contribution in [0.25, 0.3) is 0 Å². The molecule has 0 radical (unpaired) electrons. The fourth-order valence-corrected chi connectivity index (χ4v) is 2.90. The van der Waals surface area contributed by atoms with Crippen LogP contribution in [0.1, 0.15) is 45.1 Å². The van der Waals surface area contributed by atoms with E-state index in [1.165, 1.54) is 25.7 Å². The van der Waals surface area contributed by atoms with E-state index in [0.717, 1.165) is 35.4 Å². The fourth-order valence-electron chi connectivity index (χ4n) is 2.90. The molecular formula is C17H27NO2. The highest BCUT2D eigenvalue weighted by Crippen LogP contribution is 2.29. The van der Waals surface area contributed by atoms with E-state index in [-0.39, 0.29) is 6.61 Å². The molecule has 0 amide bonds. The molecule has 1 aliphatic carbocycles. The molecule has 1 aromatic carbocycles. The summed E-state index contributed by atoms with van der Waals surface area (Å²) in [5.41, 5.74) is 1.94. The second-order valence-corrected chi connectivity index (χ2v) is 5.92. The van der Waals surface area contributed by atoms with Gasteiger partial charge in [0.1, 0.15) is 5.75 Å². The van der Waals surface area contributed by atoms with Gasteiger partial charge in [0.15, 0.2) is 0 Å². The van der Waals surface area contributed by atoms with Crippen molar-refractivity contribution in [2.24, 2.45) is 11.8 Å². The molecule has 1 fully saturated rings. The van der Waals surface area contributed by atoms with Crippen molar-refractivity contribution < 1.29 is 9.84 Å². The Balaban J connectivity index is 1.89. The van der Waals surface area contributed by atoms with E-state index in [9.17, 15) is 5.11 Å². The Hall–Kier alpha value is -1.22. The molecule has 2 N–H and O–H groups in total. The SMILES string of the molecule is CCOc1ccc(NCC2CCC(C)CC2)cc1CO. The topological polar surface area (TPSA) is 41.5 Å². The van der Waals surface area contributed by atoms with Gasteiger partial charge < -0.3 is 15.2 Å². The Morgan fingerprint density at radius 1 is 1.25 bits per heavy atom. The molecule has 20 heavy (non-hydrogen) atoms. The van der Waals surface area contributed by atoms with Crippen molar-refractivity contribution in [3.8, 4) is 5.75 Å². The Kier molecular flexibility index (Phi) is 5.72. The van der Waals surface area contributed by atoms with Crippen molar-refractivity contribution in [1.29, 1.82) is 0 Å². The number of aliphatic hydroxyl groups is 1. The first-order valence-electron chi connectivity index (χ1n) is 7.83. The predicted molar refractivity (Wildman–Crippen MR) is 83.1 cm³/mol. The maximum Gasteiger partial charge on any atom is 0.124 e. The second-order valence-electron chi connectivity index (χ2n) is 5.92. The minimum absolute atomic E-state index is 0.0196. The Morgan fingerprint density at radius 2 is 2.00 bits per heavy atom. The number of rotatable bonds is 6. The molecule has 0 atom stereocenters. The average Bonchev–Trinajstić information content (AvgIpc) is 2.48. The highest BCUT2D eigenvalue weighted by atomic mass is 16.5. The Morgan fingerprint density at radius 3 is 2.65 bits per heavy atom. The van der Waals surface area contributed by atoms with Crippen LogP contribution in [-0.4, -0.2) is 18.3 Å². The predicted octanol–water partition coefficient (Wildman–Crippen LogP) is 3.82. The van der Waals surface area contributed by atoms with E-state index in [1.54, 1.807) is 0 Å². The maximum atomic E-state index is 9.41. The molecule has 0 bridgehead atoms. The summed E-state index contributed by atoms with van der Waals surface area (Å²) in [6, 6.07) is 5.98. The van der Waals surface area contributed by atoms with Gasteiger partial charge in [-0.2, -0.15) is 0 Å². The molecule has 3 heteroatoms. The first-order chi connectivity index (χ1) is 9.72. The summed E-state index contributed by atoms with van der Waals surface area (Å²) in [6.45, 7) is 5.98. The summed E-state index contributed by atoms with van der Waals surface area (Å²) in [7, 11) is 0. The molecule has 0 spiro atoms. The van der Waals surface area contributed by atoms with E-state index in [1.807, 2.05) is 25.1 Å². The highest BCUT2D eigenvalue weighted by Gasteiger charge is 2.17. The summed E-state index contributed by atoms with van der Waals surface area (Å²) in [5, 5.41) is 12.9. The minimum atomic E-state index is 0.0196. The van der Waals surface area contributed by atoms with Gasteiger partial charge in [-0.05, 0) is 49.8 Å². The normalized spacial score (nSPS) is 22.6. The van der Waals surface area contributed by atoms with Crippen LogP contribution in [0.5, 0.6) is 5.75 Å². The van der Waals surface area contributed by atoms with Crippen LogP contribution in [0.4, 0.5) is 5.69 Å². The van der Waals surface area contributed by atoms with Crippen LogP contribution in [0, 0.1) is 11.8 Å². The van der Waals surface area contributed by atoms with Gasteiger partial charge in [-0.15, -0.1) is 0 Å². The van der Waals surface area contributed by atoms with Crippen molar-refractivity contribution in [1.82, 2.24) is 0 Å². The molecule has 0 heterocycles. The largest absolute Gasteiger partial charge is 0.494 e. The standard InChI is InChI=1S/C17H27NO2/c1-3-20-17-9-8-16(10-15(17)12-19)18-11-14-6-4-13(2)5-7-14/h8-10,13-14,18-19H,3-7,11-12H2,1-2H3. The van der Waals surface area contributed by atoms with Gasteiger partial charge in [-0.25, -0.2) is 0 Å². The monoisotopic (exact) mass is 277 g/mol. The van der Waals surface area contributed by atoms with Crippen LogP contribution in [0.3, 0.4) is 0 Å². The first-order valence-corrected chi connectivity index (χ1v) is 7.83. The molecule has 3 nitrogen and oxygen atoms in total. The number of ether oxygens (including phenoxy) is 1. The molecule has 2 rings (SSSR count). The van der Waals surface area contributed by atoms with Crippen LogP contribution in [-0.2, 0) is 6.61 Å². The van der Waals surface area contributed by atoms with Gasteiger partial charge in [0.05, 0.1) is 13.2 Å². The van der Waals surface area contributed by atoms with E-state index < -0.39 is 0 Å². The van der Waals surface area contributed by atoms with Crippen LogP contribution in [0.2, 0.25) is 0 Å². The minimum Gasteiger partial charge on any atom is -0.494 e. The smallest absolute Gasteiger partial charge is 0.124 e. The van der Waals surface area contributed by atoms with Gasteiger partial charge in [0, 0.05) is 17.8 Å². The molecule has 1 aromatic rings. The van der Waals surface area contributed by atoms with Gasteiger partial charge in [-0.1, -0.05) is 19.8 Å². The molecule has 0 unspecified atom stereocenters. The summed E-state index contributed by atoms with van der Waals surface area (Å²) in [6.07, 6.45) is 5.38. The zero-order chi connectivity index (χ0) is 14.4. The third-order valence-corrected chi connectivity index (χ3v) is 4.26. The quantitative estimate of drug-likeness (QED) is 0.830. The van der Waals surface area contributed by atoms with Crippen LogP contribution >= 0.6 is 0 Å². The molecule has 0 saturated heterocycles. The molecule has 112 valence electrons. The molecule has 1 aliphatic rings. The lowest BCUT2D eigenvalue weighted by Gasteiger charge is -2.26. The van der Waals surface area contributed by atoms with Gasteiger partial charge in [0.2, 0.25) is 0 Å². The number of hydrogen-bond donors (Lipinski definition) is 2. The van der Waals surface area contributed by atoms with E-state index in [4.69, 9.17) is 4.74 Å². The lowest BCUT2D eigenvalue weighted by molar-refractivity contribution is 0.267. The van der Waals surface area contributed by atoms with Crippen LogP contribution in [0.15, 0.2) is 18.2 Å². The van der Waals surface area contributed by atoms with Crippen molar-refractivity contribution in [3.63, 3.8) is 0 Å². The Bertz CT molecular complexity index is 411. The van der Waals surface area contributed by atoms with Gasteiger partial charge >= 0.3 is 0 Å². The van der Waals surface area contributed by atoms with Crippen molar-refractivity contribution in [3.05, 3.63) is 23.8 Å². The molecular weight excluding hydrogens is 250 g/mol. The highest BCUT2D eigenvalue weighted by molar-refractivity contribution is 5.51. The van der Waals surface area contributed by atoms with Gasteiger partial charge in [0.25, 0.3) is 0 Å². The fraction of sp³-hybridized carbons (Fsp3) is 0.647. The lowest BCUT2D eigenvalue weighted by Crippen LogP contribution is -2.20. The zero-order valence-electron chi connectivity index (χ0n) is 12.7. The molecule has 0 aliphatic heterocycles. The van der Waals surface area contributed by atoms with Crippen molar-refractivity contribution in [2.75, 3.05) is 18.5 Å². The summed E-state index contributed by atoms with van der Waals surface area (Å²) >= 11 is 0.